The lowest BCUT2D eigenvalue weighted by molar-refractivity contribution is 0.00578. The van der Waals surface area contributed by atoms with Crippen LogP contribution in [0, 0.1) is 0 Å². The molecule has 1 saturated heterocycles. The summed E-state index contributed by atoms with van der Waals surface area (Å²) >= 11 is 0. The molecule has 1 aromatic heterocycles. The summed E-state index contributed by atoms with van der Waals surface area (Å²) < 4.78 is 13.8. The molecule has 0 radical (unpaired) electrons. The smallest absolute Gasteiger partial charge is 0.399 e. The third-order valence-corrected chi connectivity index (χ3v) is 4.33. The number of rotatable bonds is 2. The maximum absolute atomic E-state index is 6.05. The zero-order valence-corrected chi connectivity index (χ0v) is 13.1. The third kappa shape index (κ3) is 2.49. The van der Waals surface area contributed by atoms with Gasteiger partial charge in [0.05, 0.1) is 17.4 Å². The average Bonchev–Trinajstić information content (AvgIpc) is 2.92. The minimum absolute atomic E-state index is 0.318. The fraction of sp³-hybridized carbons (Fsp3) is 0.467. The number of benzene rings is 1. The van der Waals surface area contributed by atoms with Crippen molar-refractivity contribution in [1.82, 2.24) is 15.0 Å². The molecule has 0 N–H and O–H groups in total. The highest BCUT2D eigenvalue weighted by molar-refractivity contribution is 6.62. The molecule has 0 amide bonds. The molecular weight excluding hydrogens is 265 g/mol. The molecule has 1 aromatic carbocycles. The molecule has 1 aliphatic rings. The number of hydrogen-bond donors (Lipinski definition) is 0. The van der Waals surface area contributed by atoms with Gasteiger partial charge in [0, 0.05) is 12.6 Å². The largest absolute Gasteiger partial charge is 0.494 e. The Morgan fingerprint density at radius 3 is 2.05 bits per heavy atom. The molecule has 6 heteroatoms. The predicted molar refractivity (Wildman–Crippen MR) is 82.2 cm³/mol. The first-order valence-electron chi connectivity index (χ1n) is 7.11. The summed E-state index contributed by atoms with van der Waals surface area (Å²) in [6.45, 7) is 8.23. The van der Waals surface area contributed by atoms with Crippen molar-refractivity contribution in [1.29, 1.82) is 0 Å². The molecule has 1 fully saturated rings. The topological polar surface area (TPSA) is 49.2 Å². The summed E-state index contributed by atoms with van der Waals surface area (Å²) in [6, 6.07) is 8.08. The van der Waals surface area contributed by atoms with Crippen LogP contribution in [-0.2, 0) is 16.4 Å². The second kappa shape index (κ2) is 4.68. The molecule has 2 heterocycles. The van der Waals surface area contributed by atoms with Crippen LogP contribution in [0.5, 0.6) is 0 Å². The fourth-order valence-electron chi connectivity index (χ4n) is 2.27. The molecule has 5 nitrogen and oxygen atoms in total. The molecule has 0 unspecified atom stereocenters. The van der Waals surface area contributed by atoms with Gasteiger partial charge in [0.2, 0.25) is 0 Å². The Balaban J connectivity index is 1.83. The highest BCUT2D eigenvalue weighted by Crippen LogP contribution is 2.36. The van der Waals surface area contributed by atoms with E-state index in [2.05, 4.69) is 38.0 Å². The van der Waals surface area contributed by atoms with Gasteiger partial charge >= 0.3 is 7.12 Å². The lowest BCUT2D eigenvalue weighted by Gasteiger charge is -2.32. The molecule has 0 bridgehead atoms. The number of aryl methyl sites for hydroxylation is 1. The zero-order valence-electron chi connectivity index (χ0n) is 13.1. The van der Waals surface area contributed by atoms with Crippen LogP contribution in [-0.4, -0.2) is 33.3 Å². The molecule has 0 spiro atoms. The summed E-state index contributed by atoms with van der Waals surface area (Å²) in [5.41, 5.74) is 2.27. The third-order valence-electron chi connectivity index (χ3n) is 4.33. The number of aromatic nitrogens is 3. The Kier molecular flexibility index (Phi) is 3.18. The van der Waals surface area contributed by atoms with Gasteiger partial charge in [-0.2, -0.15) is 0 Å². The van der Waals surface area contributed by atoms with Crippen LogP contribution in [0.2, 0.25) is 0 Å². The first-order chi connectivity index (χ1) is 9.78. The van der Waals surface area contributed by atoms with Gasteiger partial charge < -0.3 is 9.31 Å². The van der Waals surface area contributed by atoms with E-state index in [1.54, 1.807) is 4.68 Å². The summed E-state index contributed by atoms with van der Waals surface area (Å²) in [5, 5.41) is 8.06. The molecule has 21 heavy (non-hydrogen) atoms. The van der Waals surface area contributed by atoms with E-state index in [9.17, 15) is 0 Å². The Labute approximate surface area is 125 Å². The van der Waals surface area contributed by atoms with Crippen molar-refractivity contribution in [3.8, 4) is 11.3 Å². The predicted octanol–water partition coefficient (Wildman–Crippen LogP) is 1.78. The molecule has 3 rings (SSSR count). The highest BCUT2D eigenvalue weighted by Gasteiger charge is 2.51. The highest BCUT2D eigenvalue weighted by atomic mass is 16.7. The van der Waals surface area contributed by atoms with Gasteiger partial charge in [-0.1, -0.05) is 29.5 Å². The normalized spacial score (nSPS) is 20.0. The minimum atomic E-state index is -0.328. The van der Waals surface area contributed by atoms with Gasteiger partial charge in [0.15, 0.2) is 0 Å². The van der Waals surface area contributed by atoms with Gasteiger partial charge in [-0.25, -0.2) is 0 Å². The van der Waals surface area contributed by atoms with E-state index in [1.807, 2.05) is 37.5 Å². The summed E-state index contributed by atoms with van der Waals surface area (Å²) in [6.07, 6.45) is 1.89. The van der Waals surface area contributed by atoms with Crippen LogP contribution in [0.25, 0.3) is 11.3 Å². The van der Waals surface area contributed by atoms with Crippen LogP contribution < -0.4 is 5.46 Å². The van der Waals surface area contributed by atoms with Crippen LogP contribution >= 0.6 is 0 Å². The maximum Gasteiger partial charge on any atom is 0.494 e. The van der Waals surface area contributed by atoms with Crippen molar-refractivity contribution >= 4 is 12.6 Å². The maximum atomic E-state index is 6.05. The first-order valence-corrected chi connectivity index (χ1v) is 7.11. The molecular formula is C15H20BN3O2. The Morgan fingerprint density at radius 2 is 1.57 bits per heavy atom. The molecule has 110 valence electrons. The van der Waals surface area contributed by atoms with Gasteiger partial charge in [0.25, 0.3) is 0 Å². The standard InChI is InChI=1S/C15H20BN3O2/c1-14(2)15(3,4)21-16(20-14)12-8-6-11(7-9-12)13-10-19(5)18-17-13/h6-10H,1-5H3. The molecule has 1 aliphatic heterocycles. The minimum Gasteiger partial charge on any atom is -0.399 e. The van der Waals surface area contributed by atoms with E-state index >= 15 is 0 Å². The lowest BCUT2D eigenvalue weighted by atomic mass is 9.79. The van der Waals surface area contributed by atoms with E-state index in [0.717, 1.165) is 16.7 Å². The van der Waals surface area contributed by atoms with Gasteiger partial charge in [0.1, 0.15) is 5.69 Å². The lowest BCUT2D eigenvalue weighted by Crippen LogP contribution is -2.41. The molecule has 2 aromatic rings. The summed E-state index contributed by atoms with van der Waals surface area (Å²) in [4.78, 5) is 0. The van der Waals surface area contributed by atoms with Gasteiger partial charge in [-0.05, 0) is 33.2 Å². The fourth-order valence-corrected chi connectivity index (χ4v) is 2.27. The number of hydrogen-bond acceptors (Lipinski definition) is 4. The molecule has 0 atom stereocenters. The van der Waals surface area contributed by atoms with Crippen molar-refractivity contribution < 1.29 is 9.31 Å². The van der Waals surface area contributed by atoms with Crippen molar-refractivity contribution in [2.24, 2.45) is 7.05 Å². The first kappa shape index (κ1) is 14.3. The van der Waals surface area contributed by atoms with E-state index < -0.39 is 0 Å². The Bertz CT molecular complexity index is 633. The second-order valence-electron chi connectivity index (χ2n) is 6.49. The molecule has 0 aliphatic carbocycles. The van der Waals surface area contributed by atoms with Gasteiger partial charge in [-0.3, -0.25) is 4.68 Å². The molecule has 0 saturated carbocycles. The van der Waals surface area contributed by atoms with Crippen LogP contribution in [0.15, 0.2) is 30.5 Å². The second-order valence-corrected chi connectivity index (χ2v) is 6.49. The van der Waals surface area contributed by atoms with Crippen LogP contribution in [0.4, 0.5) is 0 Å². The SMILES string of the molecule is Cn1cc(-c2ccc(B3OC(C)(C)C(C)(C)O3)cc2)nn1. The average molecular weight is 285 g/mol. The van der Waals surface area contributed by atoms with E-state index in [-0.39, 0.29) is 18.3 Å². The van der Waals surface area contributed by atoms with E-state index in [4.69, 9.17) is 9.31 Å². The Morgan fingerprint density at radius 1 is 1.00 bits per heavy atom. The van der Waals surface area contributed by atoms with Crippen LogP contribution in [0.1, 0.15) is 27.7 Å². The van der Waals surface area contributed by atoms with Crippen LogP contribution in [0.3, 0.4) is 0 Å². The Hall–Kier alpha value is -1.66. The van der Waals surface area contributed by atoms with Crippen molar-refractivity contribution in [3.63, 3.8) is 0 Å². The number of nitrogens with zero attached hydrogens (tertiary/aromatic N) is 3. The van der Waals surface area contributed by atoms with Crippen molar-refractivity contribution in [3.05, 3.63) is 30.5 Å². The van der Waals surface area contributed by atoms with Gasteiger partial charge in [-0.15, -0.1) is 5.10 Å². The summed E-state index contributed by atoms with van der Waals surface area (Å²) in [5.74, 6) is 0. The van der Waals surface area contributed by atoms with Crippen molar-refractivity contribution in [2.75, 3.05) is 0 Å². The van der Waals surface area contributed by atoms with E-state index in [1.165, 1.54) is 0 Å². The monoisotopic (exact) mass is 285 g/mol. The quantitative estimate of drug-likeness (QED) is 0.789. The summed E-state index contributed by atoms with van der Waals surface area (Å²) in [7, 11) is 1.53. The van der Waals surface area contributed by atoms with Crippen molar-refractivity contribution in [2.45, 2.75) is 38.9 Å². The zero-order chi connectivity index (χ0) is 15.3. The van der Waals surface area contributed by atoms with E-state index in [0.29, 0.717) is 0 Å².